The molecule has 0 saturated carbocycles. The molecule has 19 N–H and O–H groups in total. The molecule has 0 aromatic rings. The Morgan fingerprint density at radius 2 is 0.722 bits per heavy atom. The number of allylic oxidation sites excluding steroid dienone is 3. The zero-order valence-electron chi connectivity index (χ0n) is 68.7. The zero-order chi connectivity index (χ0) is 83.9. The molecule has 0 spiro atoms. The average Bonchev–Trinajstić information content (AvgIpc) is 0.761. The third kappa shape index (κ3) is 32.5. The van der Waals surface area contributed by atoms with E-state index in [1.807, 2.05) is 6.08 Å². The van der Waals surface area contributed by atoms with Crippen LogP contribution in [0.4, 0.5) is 0 Å². The lowest BCUT2D eigenvalue weighted by Gasteiger charge is -2.52. The maximum Gasteiger partial charge on any atom is 0.220 e. The molecule has 0 radical (unpaired) electrons. The Balaban J connectivity index is 1.10. The number of aliphatic hydroxyl groups excluding tert-OH is 17. The highest BCUT2D eigenvalue weighted by Gasteiger charge is 2.59. The van der Waals surface area contributed by atoms with Crippen LogP contribution in [0.25, 0.3) is 0 Å². The van der Waals surface area contributed by atoms with Gasteiger partial charge in [0, 0.05) is 13.3 Å². The summed E-state index contributed by atoms with van der Waals surface area (Å²) in [7, 11) is 0. The second-order valence-corrected chi connectivity index (χ2v) is 32.4. The third-order valence-electron chi connectivity index (χ3n) is 22.9. The molecule has 0 bridgehead atoms. The zero-order valence-corrected chi connectivity index (χ0v) is 68.7. The van der Waals surface area contributed by atoms with Gasteiger partial charge in [-0.25, -0.2) is 0 Å². The van der Waals surface area contributed by atoms with E-state index in [2.05, 4.69) is 36.6 Å². The summed E-state index contributed by atoms with van der Waals surface area (Å²) in [5.41, 5.74) is 0. The molecule has 33 nitrogen and oxygen atoms in total. The summed E-state index contributed by atoms with van der Waals surface area (Å²) in [5.74, 6) is -1.23. The number of amides is 2. The SMILES string of the molecule is CCCCCCCC/C=C\CCCCCCCCCCCCCCCC(=O)N[C@@H](CO[C@@H]1OC(CO)[C@@H](O[C@@H]2OC(CO)[C@H](O)[C@H](O[C@@H]3OC(CO)[C@@H](O[C@@H]4OC(CO)[C@H](O)[C@H](O)C4O[C@H]4OC(C)[C@@H](O)C(O)[C@@H]4O)[C@H](O[C@H]4OC(C)[C@@H](O)C(O)[C@@H]4O)C3NC(C)=O)C2O)[C@H](O)C1O)[C@H](O)/C=C/CCCCCCCCCCCCC. The van der Waals surface area contributed by atoms with Crippen LogP contribution in [-0.2, 0) is 66.4 Å². The number of aliphatic hydroxyl groups is 17. The van der Waals surface area contributed by atoms with Gasteiger partial charge < -0.3 is 154 Å². The van der Waals surface area contributed by atoms with E-state index in [-0.39, 0.29) is 12.3 Å². The molecule has 0 aliphatic carbocycles. The number of hydrogen-bond donors (Lipinski definition) is 19. The standard InChI is InChI=1S/C82H148N2O31/c1-6-8-10-12-14-16-18-20-21-22-23-24-25-26-27-28-29-31-33-35-37-39-41-43-58(91)84-52(53(90)42-40-38-36-34-32-30-19-17-15-13-11-9-7-2)48-104-78-70(102)67(99)72(56(46-87)110-78)111-81-71(103)75(63(95)55(45-86)107-81)114-77-59(83-51(5)89)74(113-79-68(100)64(96)60(92)49(3)105-79)73(57(47-88)109-77)112-82-76(66(98)62(94)54(44-85)108-82)115-80-69(101)65(97)61(93)50(4)106-80/h20-21,40,42,49-50,52-57,59-82,85-88,90,92-103H,6-19,22-39,41,43-48H2,1-5H3,(H,83,89)(H,84,91)/b21-20-,42-40+/t49?,50?,52-,53+,54?,55?,56?,57?,59?,60+,61+,62-,63-,64?,65?,66-,67+,68-,69-,70?,71?,72+,73+,74+,75-,76?,77-,78+,79+,80+,81-,82-/m0/s1. The molecule has 6 aliphatic rings. The molecule has 6 rings (SSSR count). The quantitative estimate of drug-likeness (QED) is 0.0307. The Bertz CT molecular complexity index is 2630. The van der Waals surface area contributed by atoms with Crippen LogP contribution in [-0.4, -0.2) is 328 Å². The number of rotatable bonds is 56. The summed E-state index contributed by atoms with van der Waals surface area (Å²) >= 11 is 0. The lowest BCUT2D eigenvalue weighted by atomic mass is 9.93. The van der Waals surface area contributed by atoms with E-state index < -0.39 is 235 Å². The predicted octanol–water partition coefficient (Wildman–Crippen LogP) is 2.38. The summed E-state index contributed by atoms with van der Waals surface area (Å²) in [6.07, 6.45) is -9.11. The summed E-state index contributed by atoms with van der Waals surface area (Å²) in [4.78, 5) is 27.1. The van der Waals surface area contributed by atoms with Crippen LogP contribution in [0.3, 0.4) is 0 Å². The minimum atomic E-state index is -2.24. The predicted molar refractivity (Wildman–Crippen MR) is 416 cm³/mol. The van der Waals surface area contributed by atoms with Crippen LogP contribution in [0, 0.1) is 0 Å². The van der Waals surface area contributed by atoms with Crippen LogP contribution in [0.15, 0.2) is 24.3 Å². The maximum atomic E-state index is 13.6. The van der Waals surface area contributed by atoms with Crippen LogP contribution in [0.1, 0.15) is 253 Å². The topological polar surface area (TPSA) is 513 Å². The molecular weight excluding hydrogens is 1510 g/mol. The first-order valence-corrected chi connectivity index (χ1v) is 43.3. The molecule has 32 atom stereocenters. The Kier molecular flexibility index (Phi) is 48.7. The highest BCUT2D eigenvalue weighted by molar-refractivity contribution is 5.76. The minimum absolute atomic E-state index is 0.171. The van der Waals surface area contributed by atoms with Gasteiger partial charge in [-0.15, -0.1) is 0 Å². The van der Waals surface area contributed by atoms with Crippen LogP contribution < -0.4 is 10.6 Å². The van der Waals surface area contributed by atoms with Crippen molar-refractivity contribution in [3.8, 4) is 0 Å². The van der Waals surface area contributed by atoms with Gasteiger partial charge in [0.1, 0.15) is 134 Å². The monoisotopic (exact) mass is 1660 g/mol. The average molecular weight is 1660 g/mol. The van der Waals surface area contributed by atoms with Crippen LogP contribution in [0.2, 0.25) is 0 Å². The van der Waals surface area contributed by atoms with Gasteiger partial charge in [-0.3, -0.25) is 9.59 Å². The van der Waals surface area contributed by atoms with Crippen molar-refractivity contribution < 1.29 is 153 Å². The summed E-state index contributed by atoms with van der Waals surface area (Å²) < 4.78 is 72.5. The normalized spacial score (nSPS) is 36.7. The van der Waals surface area contributed by atoms with Crippen LogP contribution >= 0.6 is 0 Å². The van der Waals surface area contributed by atoms with Gasteiger partial charge in [-0.05, 0) is 58.8 Å². The molecular formula is C82H148N2O31. The van der Waals surface area contributed by atoms with E-state index in [1.165, 1.54) is 162 Å². The molecule has 6 saturated heterocycles. The number of carbonyl (C=O) groups is 2. The van der Waals surface area contributed by atoms with Gasteiger partial charge in [-0.1, -0.05) is 205 Å². The molecule has 0 aromatic carbocycles. The maximum absolute atomic E-state index is 13.6. The van der Waals surface area contributed by atoms with Gasteiger partial charge in [-0.2, -0.15) is 0 Å². The van der Waals surface area contributed by atoms with Crippen LogP contribution in [0.5, 0.6) is 0 Å². The highest BCUT2D eigenvalue weighted by atomic mass is 16.8. The van der Waals surface area contributed by atoms with Crippen molar-refractivity contribution in [2.45, 2.75) is 449 Å². The molecule has 6 heterocycles. The van der Waals surface area contributed by atoms with Gasteiger partial charge in [0.15, 0.2) is 37.7 Å². The first-order chi connectivity index (χ1) is 55.3. The fourth-order valence-electron chi connectivity index (χ4n) is 15.7. The molecule has 115 heavy (non-hydrogen) atoms. The van der Waals surface area contributed by atoms with Crippen molar-refractivity contribution in [1.29, 1.82) is 0 Å². The largest absolute Gasteiger partial charge is 0.394 e. The Labute approximate surface area is 679 Å². The summed E-state index contributed by atoms with van der Waals surface area (Å²) in [6, 6.07) is -2.96. The molecule has 33 heteroatoms. The molecule has 2 amide bonds. The fraction of sp³-hybridized carbons (Fsp3) is 0.927. The van der Waals surface area contributed by atoms with Crippen molar-refractivity contribution in [2.24, 2.45) is 0 Å². The van der Waals surface area contributed by atoms with Gasteiger partial charge >= 0.3 is 0 Å². The molecule has 6 fully saturated rings. The summed E-state index contributed by atoms with van der Waals surface area (Å²) in [6.45, 7) is 3.59. The van der Waals surface area contributed by atoms with E-state index in [0.29, 0.717) is 12.8 Å². The van der Waals surface area contributed by atoms with Crippen molar-refractivity contribution in [3.05, 3.63) is 24.3 Å². The lowest BCUT2D eigenvalue weighted by Crippen LogP contribution is -2.71. The van der Waals surface area contributed by atoms with Crippen molar-refractivity contribution in [3.63, 3.8) is 0 Å². The molecule has 12 unspecified atom stereocenters. The Morgan fingerprint density at radius 1 is 0.357 bits per heavy atom. The molecule has 6 aliphatic heterocycles. The number of nitrogens with one attached hydrogen (secondary N) is 2. The van der Waals surface area contributed by atoms with Crippen molar-refractivity contribution in [1.82, 2.24) is 10.6 Å². The number of unbranched alkanes of at least 4 members (excludes halogenated alkanes) is 30. The van der Waals surface area contributed by atoms with Crippen molar-refractivity contribution in [2.75, 3.05) is 33.0 Å². The first kappa shape index (κ1) is 101. The van der Waals surface area contributed by atoms with Gasteiger partial charge in [0.2, 0.25) is 11.8 Å². The van der Waals surface area contributed by atoms with E-state index >= 15 is 0 Å². The third-order valence-corrected chi connectivity index (χ3v) is 22.9. The van der Waals surface area contributed by atoms with E-state index in [1.54, 1.807) is 6.08 Å². The highest BCUT2D eigenvalue weighted by Crippen LogP contribution is 2.39. The molecule has 672 valence electrons. The van der Waals surface area contributed by atoms with E-state index in [4.69, 9.17) is 56.8 Å². The van der Waals surface area contributed by atoms with Gasteiger partial charge in [0.05, 0.1) is 57.4 Å². The first-order valence-electron chi connectivity index (χ1n) is 43.3. The van der Waals surface area contributed by atoms with Gasteiger partial charge in [0.25, 0.3) is 0 Å². The Hall–Kier alpha value is -2.74. The fourth-order valence-corrected chi connectivity index (χ4v) is 15.7. The number of carbonyl (C=O) groups excluding carboxylic acids is 2. The second-order valence-electron chi connectivity index (χ2n) is 32.4. The minimum Gasteiger partial charge on any atom is -0.394 e. The number of ether oxygens (including phenoxy) is 12. The Morgan fingerprint density at radius 3 is 1.20 bits per heavy atom. The van der Waals surface area contributed by atoms with E-state index in [0.717, 1.165) is 58.3 Å². The van der Waals surface area contributed by atoms with E-state index in [9.17, 15) is 96.4 Å². The summed E-state index contributed by atoms with van der Waals surface area (Å²) in [5, 5.41) is 196. The van der Waals surface area contributed by atoms with Crippen molar-refractivity contribution >= 4 is 11.8 Å². The number of hydrogen-bond acceptors (Lipinski definition) is 31. The lowest BCUT2D eigenvalue weighted by molar-refractivity contribution is -0.401. The smallest absolute Gasteiger partial charge is 0.220 e. The second kappa shape index (κ2) is 55.4. The molecule has 0 aromatic heterocycles.